The van der Waals surface area contributed by atoms with Crippen LogP contribution in [-0.4, -0.2) is 25.2 Å². The van der Waals surface area contributed by atoms with Crippen molar-refractivity contribution in [1.29, 1.82) is 0 Å². The van der Waals surface area contributed by atoms with Gasteiger partial charge in [-0.05, 0) is 37.6 Å². The van der Waals surface area contributed by atoms with E-state index in [1.54, 1.807) is 7.11 Å². The number of rotatable bonds is 6. The molecule has 1 N–H and O–H groups in total. The van der Waals surface area contributed by atoms with E-state index in [9.17, 15) is 0 Å². The standard InChI is InChI=1S/C15H22ClNOS/c1-17-14(10-19-12-5-3-4-6-12)11-7-8-13(16)15(9-11)18-2/h7-9,12,14,17H,3-6,10H2,1-2H3. The van der Waals surface area contributed by atoms with Crippen molar-refractivity contribution >= 4 is 23.4 Å². The summed E-state index contributed by atoms with van der Waals surface area (Å²) in [5.41, 5.74) is 1.24. The second-order valence-corrected chi connectivity index (χ2v) is 6.72. The third kappa shape index (κ3) is 4.04. The van der Waals surface area contributed by atoms with E-state index in [1.165, 1.54) is 31.2 Å². The van der Waals surface area contributed by atoms with Crippen LogP contribution < -0.4 is 10.1 Å². The number of halogens is 1. The van der Waals surface area contributed by atoms with Crippen molar-refractivity contribution in [2.75, 3.05) is 19.9 Å². The normalized spacial score (nSPS) is 17.6. The van der Waals surface area contributed by atoms with Gasteiger partial charge >= 0.3 is 0 Å². The summed E-state index contributed by atoms with van der Waals surface area (Å²) in [6.07, 6.45) is 5.56. The summed E-state index contributed by atoms with van der Waals surface area (Å²) in [6, 6.07) is 6.40. The van der Waals surface area contributed by atoms with Crippen LogP contribution in [0.2, 0.25) is 5.02 Å². The third-order valence-corrected chi connectivity index (χ3v) is 5.51. The highest BCUT2D eigenvalue weighted by Gasteiger charge is 2.18. The zero-order valence-electron chi connectivity index (χ0n) is 11.6. The molecule has 0 bridgehead atoms. The lowest BCUT2D eigenvalue weighted by molar-refractivity contribution is 0.414. The Labute approximate surface area is 125 Å². The molecule has 106 valence electrons. The summed E-state index contributed by atoms with van der Waals surface area (Å²) >= 11 is 8.17. The summed E-state index contributed by atoms with van der Waals surface area (Å²) in [5, 5.41) is 4.92. The maximum absolute atomic E-state index is 6.07. The highest BCUT2D eigenvalue weighted by Crippen LogP contribution is 2.33. The van der Waals surface area contributed by atoms with Crippen LogP contribution in [0.25, 0.3) is 0 Å². The van der Waals surface area contributed by atoms with E-state index >= 15 is 0 Å². The van der Waals surface area contributed by atoms with Crippen molar-refractivity contribution in [3.8, 4) is 5.75 Å². The number of methoxy groups -OCH3 is 1. The van der Waals surface area contributed by atoms with E-state index in [2.05, 4.69) is 23.1 Å². The van der Waals surface area contributed by atoms with Gasteiger partial charge in [-0.25, -0.2) is 0 Å². The summed E-state index contributed by atoms with van der Waals surface area (Å²) in [6.45, 7) is 0. The zero-order chi connectivity index (χ0) is 13.7. The minimum atomic E-state index is 0.358. The van der Waals surface area contributed by atoms with Crippen LogP contribution in [0.3, 0.4) is 0 Å². The van der Waals surface area contributed by atoms with Gasteiger partial charge in [0.15, 0.2) is 0 Å². The SMILES string of the molecule is CNC(CSC1CCCC1)c1ccc(Cl)c(OC)c1. The first kappa shape index (κ1) is 15.0. The average molecular weight is 300 g/mol. The van der Waals surface area contributed by atoms with Crippen LogP contribution in [0.15, 0.2) is 18.2 Å². The molecule has 1 aromatic rings. The van der Waals surface area contributed by atoms with E-state index in [-0.39, 0.29) is 0 Å². The summed E-state index contributed by atoms with van der Waals surface area (Å²) in [4.78, 5) is 0. The Kier molecular flexibility index (Phi) is 5.86. The van der Waals surface area contributed by atoms with Gasteiger partial charge in [-0.1, -0.05) is 30.5 Å². The van der Waals surface area contributed by atoms with E-state index < -0.39 is 0 Å². The number of thioether (sulfide) groups is 1. The maximum atomic E-state index is 6.07. The summed E-state index contributed by atoms with van der Waals surface area (Å²) < 4.78 is 5.29. The second kappa shape index (κ2) is 7.41. The molecule has 0 aromatic heterocycles. The van der Waals surface area contributed by atoms with Crippen LogP contribution in [-0.2, 0) is 0 Å². The summed E-state index contributed by atoms with van der Waals surface area (Å²) in [7, 11) is 3.67. The van der Waals surface area contributed by atoms with Gasteiger partial charge in [0.05, 0.1) is 12.1 Å². The van der Waals surface area contributed by atoms with E-state index in [0.717, 1.165) is 16.8 Å². The van der Waals surface area contributed by atoms with Crippen LogP contribution >= 0.6 is 23.4 Å². The molecule has 19 heavy (non-hydrogen) atoms. The van der Waals surface area contributed by atoms with E-state index in [1.807, 2.05) is 19.2 Å². The molecule has 2 nitrogen and oxygen atoms in total. The van der Waals surface area contributed by atoms with Gasteiger partial charge in [0, 0.05) is 17.0 Å². The minimum Gasteiger partial charge on any atom is -0.495 e. The van der Waals surface area contributed by atoms with Crippen molar-refractivity contribution < 1.29 is 4.74 Å². The van der Waals surface area contributed by atoms with Crippen LogP contribution in [0, 0.1) is 0 Å². The van der Waals surface area contributed by atoms with Crippen molar-refractivity contribution in [3.05, 3.63) is 28.8 Å². The number of ether oxygens (including phenoxy) is 1. The molecule has 0 spiro atoms. The minimum absolute atomic E-state index is 0.358. The first-order valence-electron chi connectivity index (χ1n) is 6.87. The molecule has 1 aromatic carbocycles. The van der Waals surface area contributed by atoms with Crippen LogP contribution in [0.1, 0.15) is 37.3 Å². The number of benzene rings is 1. The maximum Gasteiger partial charge on any atom is 0.137 e. The third-order valence-electron chi connectivity index (χ3n) is 3.73. The molecular weight excluding hydrogens is 278 g/mol. The molecule has 1 aliphatic rings. The first-order chi connectivity index (χ1) is 9.24. The van der Waals surface area contributed by atoms with Gasteiger partial charge in [-0.3, -0.25) is 0 Å². The van der Waals surface area contributed by atoms with Gasteiger partial charge in [0.25, 0.3) is 0 Å². The van der Waals surface area contributed by atoms with E-state index in [4.69, 9.17) is 16.3 Å². The van der Waals surface area contributed by atoms with E-state index in [0.29, 0.717) is 11.1 Å². The molecule has 1 unspecified atom stereocenters. The lowest BCUT2D eigenvalue weighted by atomic mass is 10.1. The number of hydrogen-bond acceptors (Lipinski definition) is 3. The fourth-order valence-corrected chi connectivity index (χ4v) is 4.21. The Bertz CT molecular complexity index is 407. The van der Waals surface area contributed by atoms with Crippen LogP contribution in [0.5, 0.6) is 5.75 Å². The fraction of sp³-hybridized carbons (Fsp3) is 0.600. The number of hydrogen-bond donors (Lipinski definition) is 1. The number of nitrogens with one attached hydrogen (secondary N) is 1. The fourth-order valence-electron chi connectivity index (χ4n) is 2.53. The van der Waals surface area contributed by atoms with Gasteiger partial charge in [0.1, 0.15) is 5.75 Å². The second-order valence-electron chi connectivity index (χ2n) is 4.98. The Morgan fingerprint density at radius 2 is 2.16 bits per heavy atom. The van der Waals surface area contributed by atoms with Gasteiger partial charge in [0.2, 0.25) is 0 Å². The Morgan fingerprint density at radius 3 is 2.79 bits per heavy atom. The van der Waals surface area contributed by atoms with Crippen molar-refractivity contribution in [1.82, 2.24) is 5.32 Å². The lowest BCUT2D eigenvalue weighted by Crippen LogP contribution is -2.20. The van der Waals surface area contributed by atoms with Crippen molar-refractivity contribution in [3.63, 3.8) is 0 Å². The molecule has 0 radical (unpaired) electrons. The highest BCUT2D eigenvalue weighted by molar-refractivity contribution is 7.99. The van der Waals surface area contributed by atoms with Gasteiger partial charge in [-0.2, -0.15) is 11.8 Å². The average Bonchev–Trinajstić information content (AvgIpc) is 2.94. The summed E-state index contributed by atoms with van der Waals surface area (Å²) in [5.74, 6) is 1.86. The molecule has 1 fully saturated rings. The predicted molar refractivity (Wildman–Crippen MR) is 84.5 cm³/mol. The van der Waals surface area contributed by atoms with Crippen molar-refractivity contribution in [2.45, 2.75) is 37.0 Å². The molecule has 1 saturated carbocycles. The monoisotopic (exact) mass is 299 g/mol. The van der Waals surface area contributed by atoms with Gasteiger partial charge < -0.3 is 10.1 Å². The molecule has 2 rings (SSSR count). The molecular formula is C15H22ClNOS. The molecule has 0 saturated heterocycles. The smallest absolute Gasteiger partial charge is 0.137 e. The Balaban J connectivity index is 1.99. The molecule has 0 amide bonds. The lowest BCUT2D eigenvalue weighted by Gasteiger charge is -2.19. The van der Waals surface area contributed by atoms with Crippen molar-refractivity contribution in [2.24, 2.45) is 0 Å². The van der Waals surface area contributed by atoms with Gasteiger partial charge in [-0.15, -0.1) is 0 Å². The molecule has 0 aliphatic heterocycles. The predicted octanol–water partition coefficient (Wildman–Crippen LogP) is 4.28. The topological polar surface area (TPSA) is 21.3 Å². The highest BCUT2D eigenvalue weighted by atomic mass is 35.5. The Hall–Kier alpha value is -0.380. The van der Waals surface area contributed by atoms with Crippen LogP contribution in [0.4, 0.5) is 0 Å². The molecule has 1 atom stereocenters. The molecule has 1 aliphatic carbocycles. The first-order valence-corrected chi connectivity index (χ1v) is 8.29. The molecule has 0 heterocycles. The quantitative estimate of drug-likeness (QED) is 0.847. The largest absolute Gasteiger partial charge is 0.495 e. The molecule has 4 heteroatoms. The zero-order valence-corrected chi connectivity index (χ0v) is 13.2. The Morgan fingerprint density at radius 1 is 1.42 bits per heavy atom.